The predicted molar refractivity (Wildman–Crippen MR) is 73.5 cm³/mol. The van der Waals surface area contributed by atoms with Crippen LogP contribution in [0.5, 0.6) is 0 Å². The van der Waals surface area contributed by atoms with Crippen LogP contribution < -0.4 is 5.32 Å². The Balaban J connectivity index is 1.94. The summed E-state index contributed by atoms with van der Waals surface area (Å²) in [6, 6.07) is 4.49. The first-order chi connectivity index (χ1) is 8.15. The highest BCUT2D eigenvalue weighted by Crippen LogP contribution is 2.31. The minimum Gasteiger partial charge on any atom is -0.382 e. The van der Waals surface area contributed by atoms with Crippen LogP contribution in [0.4, 0.5) is 5.69 Å². The summed E-state index contributed by atoms with van der Waals surface area (Å²) in [6.07, 6.45) is 7.01. The molecule has 3 heteroatoms. The molecule has 2 nitrogen and oxygen atoms in total. The fraction of sp³-hybridized carbons (Fsp3) is 0.643. The van der Waals surface area contributed by atoms with Gasteiger partial charge in [-0.3, -0.25) is 0 Å². The molecule has 2 atom stereocenters. The molecule has 2 rings (SSSR count). The van der Waals surface area contributed by atoms with Crippen LogP contribution >= 0.6 is 11.6 Å². The first-order valence-corrected chi connectivity index (χ1v) is 6.91. The molecule has 17 heavy (non-hydrogen) atoms. The zero-order chi connectivity index (χ0) is 12.3. The maximum atomic E-state index is 5.89. The highest BCUT2D eigenvalue weighted by Gasteiger charge is 2.23. The molecule has 2 unspecified atom stereocenters. The van der Waals surface area contributed by atoms with E-state index >= 15 is 0 Å². The summed E-state index contributed by atoms with van der Waals surface area (Å²) in [7, 11) is 0. The van der Waals surface area contributed by atoms with E-state index in [0.29, 0.717) is 11.2 Å². The fourth-order valence-electron chi connectivity index (χ4n) is 2.69. The highest BCUT2D eigenvalue weighted by molar-refractivity contribution is 6.29. The van der Waals surface area contributed by atoms with E-state index in [4.69, 9.17) is 11.6 Å². The highest BCUT2D eigenvalue weighted by atomic mass is 35.5. The third-order valence-corrected chi connectivity index (χ3v) is 3.96. The Bertz CT molecular complexity index is 365. The van der Waals surface area contributed by atoms with Gasteiger partial charge in [-0.15, -0.1) is 0 Å². The largest absolute Gasteiger partial charge is 0.382 e. The molecular formula is C14H21ClN2. The summed E-state index contributed by atoms with van der Waals surface area (Å²) in [4.78, 5) is 4.00. The minimum absolute atomic E-state index is 0.561. The Morgan fingerprint density at radius 1 is 1.41 bits per heavy atom. The van der Waals surface area contributed by atoms with Crippen LogP contribution in [-0.2, 0) is 0 Å². The summed E-state index contributed by atoms with van der Waals surface area (Å²) < 4.78 is 0. The number of aromatic nitrogens is 1. The average Bonchev–Trinajstić information content (AvgIpc) is 2.29. The van der Waals surface area contributed by atoms with Gasteiger partial charge in [0, 0.05) is 17.9 Å². The lowest BCUT2D eigenvalue weighted by Gasteiger charge is -2.32. The molecule has 94 valence electrons. The minimum atomic E-state index is 0.561. The van der Waals surface area contributed by atoms with Crippen LogP contribution in [0.3, 0.4) is 0 Å². The van der Waals surface area contributed by atoms with Crippen molar-refractivity contribution in [1.82, 2.24) is 4.98 Å². The van der Waals surface area contributed by atoms with Gasteiger partial charge in [0.1, 0.15) is 5.15 Å². The summed E-state index contributed by atoms with van der Waals surface area (Å²) in [6.45, 7) is 4.66. The van der Waals surface area contributed by atoms with Crippen molar-refractivity contribution in [3.05, 3.63) is 23.5 Å². The quantitative estimate of drug-likeness (QED) is 0.809. The number of rotatable bonds is 3. The lowest BCUT2D eigenvalue weighted by molar-refractivity contribution is 0.264. The molecule has 1 aromatic heterocycles. The molecule has 1 aliphatic carbocycles. The first-order valence-electron chi connectivity index (χ1n) is 6.53. The SMILES string of the molecule is CC(C)C1CCCC(Nc2ccnc(Cl)c2)C1. The normalized spacial score (nSPS) is 24.9. The Hall–Kier alpha value is -0.760. The van der Waals surface area contributed by atoms with Crippen molar-refractivity contribution >= 4 is 17.3 Å². The molecule has 1 aromatic rings. The van der Waals surface area contributed by atoms with Gasteiger partial charge in [-0.1, -0.05) is 38.3 Å². The number of nitrogens with one attached hydrogen (secondary N) is 1. The Morgan fingerprint density at radius 2 is 2.24 bits per heavy atom. The first kappa shape index (κ1) is 12.7. The standard InChI is InChI=1S/C14H21ClN2/c1-10(2)11-4-3-5-12(8-11)17-13-6-7-16-14(15)9-13/h6-7,9-12H,3-5,8H2,1-2H3,(H,16,17). The number of hydrogen-bond acceptors (Lipinski definition) is 2. The monoisotopic (exact) mass is 252 g/mol. The van der Waals surface area contributed by atoms with Gasteiger partial charge in [0.05, 0.1) is 0 Å². The molecule has 1 heterocycles. The van der Waals surface area contributed by atoms with E-state index in [9.17, 15) is 0 Å². The van der Waals surface area contributed by atoms with Crippen LogP contribution in [0.1, 0.15) is 39.5 Å². The molecule has 0 radical (unpaired) electrons. The number of nitrogens with zero attached hydrogens (tertiary/aromatic N) is 1. The second-order valence-corrected chi connectivity index (χ2v) is 5.77. The zero-order valence-electron chi connectivity index (χ0n) is 10.6. The van der Waals surface area contributed by atoms with Gasteiger partial charge >= 0.3 is 0 Å². The second kappa shape index (κ2) is 5.72. The smallest absolute Gasteiger partial charge is 0.131 e. The van der Waals surface area contributed by atoms with Gasteiger partial charge in [-0.25, -0.2) is 4.98 Å². The van der Waals surface area contributed by atoms with Crippen molar-refractivity contribution in [3.8, 4) is 0 Å². The molecule has 1 fully saturated rings. The summed E-state index contributed by atoms with van der Waals surface area (Å²) in [5, 5.41) is 4.14. The molecule has 0 saturated heterocycles. The molecule has 0 amide bonds. The van der Waals surface area contributed by atoms with E-state index in [0.717, 1.165) is 17.5 Å². The molecule has 0 bridgehead atoms. The van der Waals surface area contributed by atoms with Gasteiger partial charge in [0.2, 0.25) is 0 Å². The van der Waals surface area contributed by atoms with Crippen molar-refractivity contribution in [2.75, 3.05) is 5.32 Å². The lowest BCUT2D eigenvalue weighted by Crippen LogP contribution is -2.29. The summed E-state index contributed by atoms with van der Waals surface area (Å²) in [5.41, 5.74) is 1.10. The maximum absolute atomic E-state index is 5.89. The average molecular weight is 253 g/mol. The van der Waals surface area contributed by atoms with E-state index < -0.39 is 0 Å². The van der Waals surface area contributed by atoms with Gasteiger partial charge in [0.25, 0.3) is 0 Å². The van der Waals surface area contributed by atoms with Crippen LogP contribution in [0.15, 0.2) is 18.3 Å². The van der Waals surface area contributed by atoms with Crippen molar-refractivity contribution in [3.63, 3.8) is 0 Å². The maximum Gasteiger partial charge on any atom is 0.131 e. The van der Waals surface area contributed by atoms with Gasteiger partial charge < -0.3 is 5.32 Å². The van der Waals surface area contributed by atoms with E-state index in [2.05, 4.69) is 24.1 Å². The second-order valence-electron chi connectivity index (χ2n) is 5.38. The number of hydrogen-bond donors (Lipinski definition) is 1. The van der Waals surface area contributed by atoms with Crippen molar-refractivity contribution in [1.29, 1.82) is 0 Å². The summed E-state index contributed by atoms with van der Waals surface area (Å²) in [5.74, 6) is 1.65. The fourth-order valence-corrected chi connectivity index (χ4v) is 2.87. The Morgan fingerprint density at radius 3 is 2.94 bits per heavy atom. The van der Waals surface area contributed by atoms with Crippen LogP contribution in [0, 0.1) is 11.8 Å². The van der Waals surface area contributed by atoms with E-state index in [1.165, 1.54) is 25.7 Å². The lowest BCUT2D eigenvalue weighted by atomic mass is 9.79. The number of halogens is 1. The van der Waals surface area contributed by atoms with E-state index in [1.54, 1.807) is 6.20 Å². The molecule has 1 saturated carbocycles. The van der Waals surface area contributed by atoms with Gasteiger partial charge in [-0.05, 0) is 36.8 Å². The summed E-state index contributed by atoms with van der Waals surface area (Å²) >= 11 is 5.89. The van der Waals surface area contributed by atoms with Crippen LogP contribution in [0.25, 0.3) is 0 Å². The third-order valence-electron chi connectivity index (χ3n) is 3.75. The van der Waals surface area contributed by atoms with Crippen LogP contribution in [0.2, 0.25) is 5.15 Å². The molecule has 1 aliphatic rings. The van der Waals surface area contributed by atoms with Gasteiger partial charge in [-0.2, -0.15) is 0 Å². The van der Waals surface area contributed by atoms with E-state index in [-0.39, 0.29) is 0 Å². The Labute approximate surface area is 109 Å². The Kier molecular flexibility index (Phi) is 4.27. The van der Waals surface area contributed by atoms with Crippen molar-refractivity contribution in [2.45, 2.75) is 45.6 Å². The van der Waals surface area contributed by atoms with Crippen molar-refractivity contribution < 1.29 is 0 Å². The predicted octanol–water partition coefficient (Wildman–Crippen LogP) is 4.36. The molecule has 0 aliphatic heterocycles. The molecular weight excluding hydrogens is 232 g/mol. The zero-order valence-corrected chi connectivity index (χ0v) is 11.4. The van der Waals surface area contributed by atoms with E-state index in [1.807, 2.05) is 12.1 Å². The molecule has 0 spiro atoms. The topological polar surface area (TPSA) is 24.9 Å². The van der Waals surface area contributed by atoms with Crippen LogP contribution in [-0.4, -0.2) is 11.0 Å². The number of anilines is 1. The number of pyridine rings is 1. The third kappa shape index (κ3) is 3.60. The van der Waals surface area contributed by atoms with Gasteiger partial charge in [0.15, 0.2) is 0 Å². The molecule has 1 N–H and O–H groups in total. The van der Waals surface area contributed by atoms with Crippen molar-refractivity contribution in [2.24, 2.45) is 11.8 Å². The molecule has 0 aromatic carbocycles.